The molecule has 2 nitrogen and oxygen atoms in total. The third kappa shape index (κ3) is 2.67. The number of halogens is 4. The van der Waals surface area contributed by atoms with Crippen molar-refractivity contribution in [3.8, 4) is 0 Å². The highest BCUT2D eigenvalue weighted by molar-refractivity contribution is 6.40. The Hall–Kier alpha value is -0.555. The molecule has 6 aliphatic rings. The van der Waals surface area contributed by atoms with Gasteiger partial charge in [0.2, 0.25) is 5.67 Å². The van der Waals surface area contributed by atoms with Crippen LogP contribution < -0.4 is 0 Å². The molecule has 7 heteroatoms. The number of hydrogen-bond donors (Lipinski definition) is 0. The first-order valence-corrected chi connectivity index (χ1v) is 13.4. The fourth-order valence-electron chi connectivity index (χ4n) is 9.44. The molecule has 0 bridgehead atoms. The van der Waals surface area contributed by atoms with E-state index in [1.54, 1.807) is 6.92 Å². The molecule has 4 aliphatic carbocycles. The summed E-state index contributed by atoms with van der Waals surface area (Å²) < 4.78 is 70.4. The molecule has 34 heavy (non-hydrogen) atoms. The normalized spacial score (nSPS) is 52.9. The first-order valence-electron chi connectivity index (χ1n) is 13.4. The number of ether oxygens (including phenoxy) is 2. The van der Waals surface area contributed by atoms with Gasteiger partial charge in [0.15, 0.2) is 7.28 Å². The Kier molecular flexibility index (Phi) is 4.53. The SMILES string of the molecule is CC1(C)CBC2(CC[C@]34O[C@]3(CC[C@@H]3C4=CCC4(C)[C@H]3CC[C@@]4(C)C(C)(F)C(F)(F)F)C2)OC1. The van der Waals surface area contributed by atoms with Crippen molar-refractivity contribution in [3.05, 3.63) is 11.6 Å². The molecule has 6 rings (SSSR count). The molecule has 0 aromatic rings. The van der Waals surface area contributed by atoms with E-state index in [0.29, 0.717) is 12.8 Å². The molecule has 0 amide bonds. The number of allylic oxidation sites excluding steroid dienone is 1. The van der Waals surface area contributed by atoms with Crippen LogP contribution in [0.4, 0.5) is 17.6 Å². The molecule has 0 aromatic carbocycles. The maximum absolute atomic E-state index is 15.6. The molecule has 0 radical (unpaired) electrons. The Balaban J connectivity index is 1.29. The van der Waals surface area contributed by atoms with E-state index in [0.717, 1.165) is 52.9 Å². The number of epoxide rings is 1. The fourth-order valence-corrected chi connectivity index (χ4v) is 9.44. The minimum absolute atomic E-state index is 0.0779. The molecule has 2 aliphatic heterocycles. The van der Waals surface area contributed by atoms with Gasteiger partial charge in [0, 0.05) is 17.3 Å². The molecular weight excluding hydrogens is 443 g/mol. The maximum Gasteiger partial charge on any atom is 0.422 e. The van der Waals surface area contributed by atoms with E-state index in [-0.39, 0.29) is 40.4 Å². The Labute approximate surface area is 201 Å². The maximum atomic E-state index is 15.6. The monoisotopic (exact) mass is 482 g/mol. The average Bonchev–Trinajstić information content (AvgIpc) is 3.35. The lowest BCUT2D eigenvalue weighted by atomic mass is 9.43. The summed E-state index contributed by atoms with van der Waals surface area (Å²) in [5.41, 5.74) is -4.27. The van der Waals surface area contributed by atoms with Crippen molar-refractivity contribution in [2.24, 2.45) is 28.1 Å². The van der Waals surface area contributed by atoms with E-state index < -0.39 is 22.7 Å². The van der Waals surface area contributed by atoms with Crippen molar-refractivity contribution >= 4 is 7.28 Å². The highest BCUT2D eigenvalue weighted by atomic mass is 19.4. The smallest absolute Gasteiger partial charge is 0.383 e. The summed E-state index contributed by atoms with van der Waals surface area (Å²) in [6.07, 6.45) is 4.70. The van der Waals surface area contributed by atoms with Gasteiger partial charge in [-0.3, -0.25) is 0 Å². The summed E-state index contributed by atoms with van der Waals surface area (Å²) in [4.78, 5) is 0. The van der Waals surface area contributed by atoms with Gasteiger partial charge in [-0.1, -0.05) is 40.1 Å². The molecule has 0 aromatic heterocycles. The van der Waals surface area contributed by atoms with Gasteiger partial charge < -0.3 is 9.47 Å². The molecule has 3 saturated carbocycles. The summed E-state index contributed by atoms with van der Waals surface area (Å²) in [6.45, 7) is 9.60. The van der Waals surface area contributed by atoms with Gasteiger partial charge in [0.1, 0.15) is 11.2 Å². The van der Waals surface area contributed by atoms with Gasteiger partial charge in [-0.2, -0.15) is 13.2 Å². The van der Waals surface area contributed by atoms with Crippen molar-refractivity contribution in [3.63, 3.8) is 0 Å². The largest absolute Gasteiger partial charge is 0.422 e. The van der Waals surface area contributed by atoms with Crippen molar-refractivity contribution in [1.82, 2.24) is 0 Å². The molecule has 190 valence electrons. The minimum Gasteiger partial charge on any atom is -0.383 e. The molecule has 2 saturated heterocycles. The predicted octanol–water partition coefficient (Wildman–Crippen LogP) is 6.74. The van der Waals surface area contributed by atoms with Gasteiger partial charge in [0.05, 0.1) is 6.61 Å². The fraction of sp³-hybridized carbons (Fsp3) is 0.926. The molecule has 8 atom stereocenters. The standard InChI is InChI=1S/C27H39BF4O2/c1-20(2)15-28-25(33-16-20)12-13-26-19-7-9-21(3)18(17(19)6-11-24(26,14-25)34-26)8-10-22(21,4)23(5,29)27(30,31)32/h7,17-18,28H,6,8-16H2,1-5H3/t17-,18-,21?,22+,23?,24+,25?,26+/m0/s1. The topological polar surface area (TPSA) is 21.8 Å². The van der Waals surface area contributed by atoms with Crippen LogP contribution in [0.5, 0.6) is 0 Å². The van der Waals surface area contributed by atoms with Crippen LogP contribution >= 0.6 is 0 Å². The van der Waals surface area contributed by atoms with Crippen LogP contribution in [0, 0.1) is 28.1 Å². The van der Waals surface area contributed by atoms with Crippen LogP contribution in [0.1, 0.15) is 86.0 Å². The summed E-state index contributed by atoms with van der Waals surface area (Å²) >= 11 is 0. The van der Waals surface area contributed by atoms with E-state index in [1.807, 2.05) is 6.92 Å². The van der Waals surface area contributed by atoms with E-state index in [1.165, 1.54) is 11.9 Å². The molecule has 5 fully saturated rings. The van der Waals surface area contributed by atoms with E-state index in [2.05, 4.69) is 19.9 Å². The minimum atomic E-state index is -4.87. The first-order chi connectivity index (χ1) is 15.6. The van der Waals surface area contributed by atoms with Gasteiger partial charge >= 0.3 is 6.18 Å². The Morgan fingerprint density at radius 2 is 1.74 bits per heavy atom. The lowest BCUT2D eigenvalue weighted by Gasteiger charge is -2.56. The Morgan fingerprint density at radius 1 is 1.00 bits per heavy atom. The van der Waals surface area contributed by atoms with E-state index in [9.17, 15) is 13.2 Å². The Bertz CT molecular complexity index is 933. The van der Waals surface area contributed by atoms with Crippen LogP contribution in [0.3, 0.4) is 0 Å². The van der Waals surface area contributed by atoms with E-state index >= 15 is 4.39 Å². The Morgan fingerprint density at radius 3 is 2.38 bits per heavy atom. The summed E-state index contributed by atoms with van der Waals surface area (Å²) in [7, 11) is 1.08. The molecule has 3 unspecified atom stereocenters. The zero-order chi connectivity index (χ0) is 24.6. The molecule has 0 N–H and O–H groups in total. The van der Waals surface area contributed by atoms with Crippen LogP contribution in [-0.4, -0.2) is 42.4 Å². The van der Waals surface area contributed by atoms with Crippen molar-refractivity contribution < 1.29 is 27.0 Å². The van der Waals surface area contributed by atoms with Crippen LogP contribution in [0.2, 0.25) is 6.32 Å². The van der Waals surface area contributed by atoms with Crippen LogP contribution in [0.15, 0.2) is 11.6 Å². The summed E-state index contributed by atoms with van der Waals surface area (Å²) in [5, 5.41) is 0. The zero-order valence-electron chi connectivity index (χ0n) is 21.3. The highest BCUT2D eigenvalue weighted by Crippen LogP contribution is 2.76. The number of fused-ring (bicyclic) bond motifs is 3. The second-order valence-electron chi connectivity index (χ2n) is 14.1. The first kappa shape index (κ1) is 23.8. The summed E-state index contributed by atoms with van der Waals surface area (Å²) in [5.74, 6) is 0.287. The van der Waals surface area contributed by atoms with Crippen LogP contribution in [0.25, 0.3) is 0 Å². The van der Waals surface area contributed by atoms with E-state index in [4.69, 9.17) is 9.47 Å². The van der Waals surface area contributed by atoms with Gasteiger partial charge in [-0.25, -0.2) is 4.39 Å². The predicted molar refractivity (Wildman–Crippen MR) is 125 cm³/mol. The third-order valence-corrected chi connectivity index (χ3v) is 12.2. The average molecular weight is 482 g/mol. The van der Waals surface area contributed by atoms with Gasteiger partial charge in [0.25, 0.3) is 0 Å². The van der Waals surface area contributed by atoms with Crippen molar-refractivity contribution in [1.29, 1.82) is 0 Å². The second kappa shape index (κ2) is 6.46. The third-order valence-electron chi connectivity index (χ3n) is 12.2. The summed E-state index contributed by atoms with van der Waals surface area (Å²) in [6, 6.07) is 0. The lowest BCUT2D eigenvalue weighted by Crippen LogP contribution is -2.60. The van der Waals surface area contributed by atoms with Crippen molar-refractivity contribution in [2.75, 3.05) is 6.61 Å². The number of alkyl halides is 4. The van der Waals surface area contributed by atoms with Gasteiger partial charge in [-0.05, 0) is 80.1 Å². The zero-order valence-corrected chi connectivity index (χ0v) is 21.3. The van der Waals surface area contributed by atoms with Crippen molar-refractivity contribution in [2.45, 2.75) is 121 Å². The highest BCUT2D eigenvalue weighted by Gasteiger charge is 2.80. The second-order valence-corrected chi connectivity index (χ2v) is 14.1. The quantitative estimate of drug-likeness (QED) is 0.179. The molecule has 2 heterocycles. The van der Waals surface area contributed by atoms with Crippen LogP contribution in [-0.2, 0) is 9.47 Å². The number of rotatable bonds is 1. The van der Waals surface area contributed by atoms with Gasteiger partial charge in [-0.15, -0.1) is 0 Å². The lowest BCUT2D eigenvalue weighted by molar-refractivity contribution is -0.279. The number of hydrogen-bond acceptors (Lipinski definition) is 2. The molecular formula is C27H39BF4O2. The molecule has 1 spiro atoms.